The molecular weight excluding hydrogens is 282 g/mol. The van der Waals surface area contributed by atoms with Crippen LogP contribution in [0.15, 0.2) is 29.6 Å². The molecule has 0 aliphatic rings. The Labute approximate surface area is 116 Å². The molecule has 2 aromatic rings. The number of rotatable bonds is 5. The Kier molecular flexibility index (Phi) is 4.18. The highest BCUT2D eigenvalue weighted by Gasteiger charge is 2.12. The van der Waals surface area contributed by atoms with Crippen LogP contribution in [0, 0.1) is 6.92 Å². The number of hydrogen-bond donors (Lipinski definition) is 2. The van der Waals surface area contributed by atoms with Crippen molar-refractivity contribution in [3.05, 3.63) is 45.9 Å². The molecule has 7 heteroatoms. The van der Waals surface area contributed by atoms with Gasteiger partial charge in [0.2, 0.25) is 10.0 Å². The van der Waals surface area contributed by atoms with Crippen molar-refractivity contribution in [2.24, 2.45) is 0 Å². The van der Waals surface area contributed by atoms with Gasteiger partial charge in [0.15, 0.2) is 0 Å². The van der Waals surface area contributed by atoms with E-state index in [9.17, 15) is 8.42 Å². The summed E-state index contributed by atoms with van der Waals surface area (Å²) in [6.45, 7) is 2.10. The summed E-state index contributed by atoms with van der Waals surface area (Å²) in [6, 6.07) is 6.86. The maximum Gasteiger partial charge on any atom is 0.216 e. The lowest BCUT2D eigenvalue weighted by Gasteiger charge is -2.06. The van der Waals surface area contributed by atoms with Gasteiger partial charge in [-0.3, -0.25) is 0 Å². The van der Waals surface area contributed by atoms with Gasteiger partial charge in [0.05, 0.1) is 12.3 Å². The van der Waals surface area contributed by atoms with E-state index in [-0.39, 0.29) is 12.3 Å². The minimum atomic E-state index is -3.38. The molecule has 0 fully saturated rings. The molecule has 1 aromatic heterocycles. The summed E-state index contributed by atoms with van der Waals surface area (Å²) in [4.78, 5) is 4.21. The van der Waals surface area contributed by atoms with Crippen molar-refractivity contribution >= 4 is 27.0 Å². The molecule has 0 saturated carbocycles. The SMILES string of the molecule is Cc1csc(CNS(=O)(=O)Cc2cccc(N)c2)n1. The van der Waals surface area contributed by atoms with E-state index in [0.717, 1.165) is 10.7 Å². The van der Waals surface area contributed by atoms with Gasteiger partial charge in [0.25, 0.3) is 0 Å². The highest BCUT2D eigenvalue weighted by molar-refractivity contribution is 7.88. The highest BCUT2D eigenvalue weighted by Crippen LogP contribution is 2.11. The van der Waals surface area contributed by atoms with Gasteiger partial charge < -0.3 is 5.73 Å². The van der Waals surface area contributed by atoms with Crippen molar-refractivity contribution in [1.82, 2.24) is 9.71 Å². The Balaban J connectivity index is 1.99. The van der Waals surface area contributed by atoms with Crippen LogP contribution in [-0.4, -0.2) is 13.4 Å². The van der Waals surface area contributed by atoms with Gasteiger partial charge in [-0.2, -0.15) is 0 Å². The first kappa shape index (κ1) is 14.0. The number of aromatic nitrogens is 1. The van der Waals surface area contributed by atoms with Crippen LogP contribution in [-0.2, 0) is 22.3 Å². The lowest BCUT2D eigenvalue weighted by molar-refractivity contribution is 0.580. The van der Waals surface area contributed by atoms with Crippen molar-refractivity contribution in [2.45, 2.75) is 19.2 Å². The summed E-state index contributed by atoms with van der Waals surface area (Å²) in [7, 11) is -3.38. The summed E-state index contributed by atoms with van der Waals surface area (Å²) in [6.07, 6.45) is 0. The molecule has 0 amide bonds. The number of nitrogens with zero attached hydrogens (tertiary/aromatic N) is 1. The molecule has 0 aliphatic heterocycles. The maximum atomic E-state index is 11.9. The molecule has 0 saturated heterocycles. The number of hydrogen-bond acceptors (Lipinski definition) is 5. The molecule has 3 N–H and O–H groups in total. The van der Waals surface area contributed by atoms with E-state index >= 15 is 0 Å². The fourth-order valence-corrected chi connectivity index (χ4v) is 3.49. The average molecular weight is 297 g/mol. The lowest BCUT2D eigenvalue weighted by atomic mass is 10.2. The number of benzene rings is 1. The highest BCUT2D eigenvalue weighted by atomic mass is 32.2. The monoisotopic (exact) mass is 297 g/mol. The Morgan fingerprint density at radius 2 is 2.21 bits per heavy atom. The van der Waals surface area contributed by atoms with Crippen molar-refractivity contribution < 1.29 is 8.42 Å². The van der Waals surface area contributed by atoms with E-state index in [2.05, 4.69) is 9.71 Å². The summed E-state index contributed by atoms with van der Waals surface area (Å²) < 4.78 is 26.4. The van der Waals surface area contributed by atoms with Gasteiger partial charge in [-0.15, -0.1) is 11.3 Å². The van der Waals surface area contributed by atoms with Crippen molar-refractivity contribution in [3.8, 4) is 0 Å². The number of thiazole rings is 1. The minimum absolute atomic E-state index is 0.0810. The van der Waals surface area contributed by atoms with Gasteiger partial charge in [-0.1, -0.05) is 12.1 Å². The smallest absolute Gasteiger partial charge is 0.216 e. The van der Waals surface area contributed by atoms with E-state index in [1.165, 1.54) is 11.3 Å². The number of aryl methyl sites for hydroxylation is 1. The van der Waals surface area contributed by atoms with Crippen LogP contribution in [0.4, 0.5) is 5.69 Å². The van der Waals surface area contributed by atoms with E-state index in [4.69, 9.17) is 5.73 Å². The third-order valence-electron chi connectivity index (χ3n) is 2.42. The van der Waals surface area contributed by atoms with Crippen molar-refractivity contribution in [3.63, 3.8) is 0 Å². The van der Waals surface area contributed by atoms with Crippen molar-refractivity contribution in [2.75, 3.05) is 5.73 Å². The summed E-state index contributed by atoms with van der Waals surface area (Å²) in [5, 5.41) is 2.65. The van der Waals surface area contributed by atoms with E-state index in [1.54, 1.807) is 24.3 Å². The Morgan fingerprint density at radius 1 is 1.42 bits per heavy atom. The second-order valence-electron chi connectivity index (χ2n) is 4.21. The molecule has 0 unspecified atom stereocenters. The molecule has 0 bridgehead atoms. The third kappa shape index (κ3) is 4.30. The van der Waals surface area contributed by atoms with Crippen LogP contribution in [0.25, 0.3) is 0 Å². The molecule has 5 nitrogen and oxygen atoms in total. The number of sulfonamides is 1. The average Bonchev–Trinajstić information content (AvgIpc) is 2.72. The number of anilines is 1. The normalized spacial score (nSPS) is 11.6. The zero-order valence-electron chi connectivity index (χ0n) is 10.5. The predicted molar refractivity (Wildman–Crippen MR) is 77.2 cm³/mol. The molecule has 2 rings (SSSR count). The third-order valence-corrected chi connectivity index (χ3v) is 4.68. The fraction of sp³-hybridized carbons (Fsp3) is 0.250. The predicted octanol–water partition coefficient (Wildman–Crippen LogP) is 1.65. The van der Waals surface area contributed by atoms with Crippen LogP contribution in [0.2, 0.25) is 0 Å². The number of nitrogens with two attached hydrogens (primary N) is 1. The number of nitrogens with one attached hydrogen (secondary N) is 1. The van der Waals surface area contributed by atoms with E-state index in [1.807, 2.05) is 12.3 Å². The first-order valence-electron chi connectivity index (χ1n) is 5.67. The first-order chi connectivity index (χ1) is 8.94. The van der Waals surface area contributed by atoms with Gasteiger partial charge in [-0.05, 0) is 24.6 Å². The van der Waals surface area contributed by atoms with Crippen LogP contribution in [0.1, 0.15) is 16.3 Å². The Morgan fingerprint density at radius 3 is 2.84 bits per heavy atom. The van der Waals surface area contributed by atoms with Crippen molar-refractivity contribution in [1.29, 1.82) is 0 Å². The zero-order valence-corrected chi connectivity index (χ0v) is 12.1. The van der Waals surface area contributed by atoms with Crippen LogP contribution in [0.3, 0.4) is 0 Å². The molecule has 0 spiro atoms. The van der Waals surface area contributed by atoms with E-state index in [0.29, 0.717) is 11.3 Å². The Bertz CT molecular complexity index is 665. The zero-order chi connectivity index (χ0) is 13.9. The van der Waals surface area contributed by atoms with Crippen LogP contribution in [0.5, 0.6) is 0 Å². The molecular formula is C12H15N3O2S2. The molecule has 0 atom stereocenters. The molecule has 19 heavy (non-hydrogen) atoms. The molecule has 0 radical (unpaired) electrons. The fourth-order valence-electron chi connectivity index (χ4n) is 1.61. The quantitative estimate of drug-likeness (QED) is 0.822. The second kappa shape index (κ2) is 5.68. The first-order valence-corrected chi connectivity index (χ1v) is 8.20. The largest absolute Gasteiger partial charge is 0.399 e. The summed E-state index contributed by atoms with van der Waals surface area (Å²) in [5.74, 6) is -0.0810. The second-order valence-corrected chi connectivity index (χ2v) is 6.96. The summed E-state index contributed by atoms with van der Waals surface area (Å²) in [5.41, 5.74) is 7.75. The molecule has 1 aromatic carbocycles. The van der Waals surface area contributed by atoms with Gasteiger partial charge in [0.1, 0.15) is 5.01 Å². The summed E-state index contributed by atoms with van der Waals surface area (Å²) >= 11 is 1.44. The van der Waals surface area contributed by atoms with Gasteiger partial charge >= 0.3 is 0 Å². The van der Waals surface area contributed by atoms with Gasteiger partial charge in [0, 0.05) is 16.8 Å². The topological polar surface area (TPSA) is 85.1 Å². The molecule has 102 valence electrons. The van der Waals surface area contributed by atoms with E-state index < -0.39 is 10.0 Å². The number of nitrogen functional groups attached to an aromatic ring is 1. The standard InChI is InChI=1S/C12H15N3O2S2/c1-9-7-18-12(15-9)6-14-19(16,17)8-10-3-2-4-11(13)5-10/h2-5,7,14H,6,8,13H2,1H3. The molecule has 0 aliphatic carbocycles. The van der Waals surface area contributed by atoms with Crippen LogP contribution < -0.4 is 10.5 Å². The Hall–Kier alpha value is -1.44. The van der Waals surface area contributed by atoms with Gasteiger partial charge in [-0.25, -0.2) is 18.1 Å². The maximum absolute atomic E-state index is 11.9. The van der Waals surface area contributed by atoms with Crippen LogP contribution >= 0.6 is 11.3 Å². The molecule has 1 heterocycles. The lowest BCUT2D eigenvalue weighted by Crippen LogP contribution is -2.24. The minimum Gasteiger partial charge on any atom is -0.399 e.